The number of aryl methyl sites for hydroxylation is 1. The molecule has 124 valence electrons. The molecule has 24 heavy (non-hydrogen) atoms. The monoisotopic (exact) mass is 343 g/mol. The molecule has 1 heterocycles. The van der Waals surface area contributed by atoms with Crippen LogP contribution >= 0.6 is 11.6 Å². The number of aromatic nitrogens is 2. The molecule has 5 nitrogen and oxygen atoms in total. The Labute approximate surface area is 145 Å². The predicted octanol–water partition coefficient (Wildman–Crippen LogP) is 3.66. The number of nitrogens with two attached hydrogens (primary N) is 1. The zero-order chi connectivity index (χ0) is 17.3. The van der Waals surface area contributed by atoms with Crippen molar-refractivity contribution in [1.29, 1.82) is 0 Å². The summed E-state index contributed by atoms with van der Waals surface area (Å²) in [6.45, 7) is 2.03. The van der Waals surface area contributed by atoms with E-state index in [9.17, 15) is 0 Å². The minimum atomic E-state index is -0.424. The summed E-state index contributed by atoms with van der Waals surface area (Å²) in [5, 5.41) is 0.928. The van der Waals surface area contributed by atoms with Crippen molar-refractivity contribution in [2.75, 3.05) is 14.2 Å². The van der Waals surface area contributed by atoms with Crippen LogP contribution in [0.25, 0.3) is 10.9 Å². The third-order valence-electron chi connectivity index (χ3n) is 3.93. The largest absolute Gasteiger partial charge is 0.493 e. The molecule has 0 aliphatic rings. The van der Waals surface area contributed by atoms with E-state index in [0.29, 0.717) is 22.7 Å². The molecule has 2 aromatic carbocycles. The van der Waals surface area contributed by atoms with Gasteiger partial charge < -0.3 is 15.2 Å². The third kappa shape index (κ3) is 3.00. The number of methoxy groups -OCH3 is 2. The van der Waals surface area contributed by atoms with Crippen LogP contribution in [0.15, 0.2) is 36.4 Å². The van der Waals surface area contributed by atoms with Gasteiger partial charge in [0.05, 0.1) is 31.5 Å². The molecule has 0 radical (unpaired) electrons. The van der Waals surface area contributed by atoms with Crippen molar-refractivity contribution in [3.05, 3.63) is 58.5 Å². The second-order valence-electron chi connectivity index (χ2n) is 5.49. The molecule has 2 N–H and O–H groups in total. The van der Waals surface area contributed by atoms with E-state index in [1.165, 1.54) is 5.56 Å². The summed E-state index contributed by atoms with van der Waals surface area (Å²) < 4.78 is 10.7. The van der Waals surface area contributed by atoms with Crippen LogP contribution in [0.1, 0.15) is 22.9 Å². The summed E-state index contributed by atoms with van der Waals surface area (Å²) in [7, 11) is 3.16. The molecule has 0 bridgehead atoms. The maximum Gasteiger partial charge on any atom is 0.223 e. The van der Waals surface area contributed by atoms with Crippen LogP contribution in [-0.2, 0) is 0 Å². The van der Waals surface area contributed by atoms with Gasteiger partial charge in [0.15, 0.2) is 11.5 Å². The smallest absolute Gasteiger partial charge is 0.223 e. The molecule has 0 aliphatic carbocycles. The van der Waals surface area contributed by atoms with Crippen LogP contribution in [0.4, 0.5) is 0 Å². The van der Waals surface area contributed by atoms with Crippen LogP contribution in [-0.4, -0.2) is 24.2 Å². The van der Waals surface area contributed by atoms with Crippen molar-refractivity contribution < 1.29 is 9.47 Å². The van der Waals surface area contributed by atoms with Gasteiger partial charge >= 0.3 is 0 Å². The molecule has 0 amide bonds. The fourth-order valence-corrected chi connectivity index (χ4v) is 2.80. The normalized spacial score (nSPS) is 12.2. The third-order valence-corrected chi connectivity index (χ3v) is 4.10. The molecule has 1 atom stereocenters. The van der Waals surface area contributed by atoms with Crippen molar-refractivity contribution in [2.45, 2.75) is 13.0 Å². The molecule has 3 rings (SSSR count). The first kappa shape index (κ1) is 16.5. The molecule has 0 saturated carbocycles. The van der Waals surface area contributed by atoms with E-state index < -0.39 is 6.04 Å². The first-order valence-electron chi connectivity index (χ1n) is 7.44. The van der Waals surface area contributed by atoms with Crippen molar-refractivity contribution in [3.63, 3.8) is 0 Å². The number of ether oxygens (including phenoxy) is 2. The number of fused-ring (bicyclic) bond motifs is 1. The number of hydrogen-bond donors (Lipinski definition) is 1. The number of nitrogens with zero attached hydrogens (tertiary/aromatic N) is 2. The van der Waals surface area contributed by atoms with E-state index in [4.69, 9.17) is 26.8 Å². The van der Waals surface area contributed by atoms with E-state index in [1.54, 1.807) is 20.3 Å². The quantitative estimate of drug-likeness (QED) is 0.732. The maximum absolute atomic E-state index is 6.44. The van der Waals surface area contributed by atoms with Gasteiger partial charge in [0.2, 0.25) is 5.28 Å². The van der Waals surface area contributed by atoms with E-state index >= 15 is 0 Å². The Morgan fingerprint density at radius 2 is 1.62 bits per heavy atom. The van der Waals surface area contributed by atoms with Crippen LogP contribution in [0.2, 0.25) is 5.28 Å². The Morgan fingerprint density at radius 1 is 1.00 bits per heavy atom. The molecule has 1 unspecified atom stereocenters. The summed E-state index contributed by atoms with van der Waals surface area (Å²) in [4.78, 5) is 8.64. The lowest BCUT2D eigenvalue weighted by atomic mass is 9.99. The fraction of sp³-hybridized carbons (Fsp3) is 0.222. The molecule has 3 aromatic rings. The number of halogens is 1. The van der Waals surface area contributed by atoms with Gasteiger partial charge in [-0.2, -0.15) is 0 Å². The van der Waals surface area contributed by atoms with Gasteiger partial charge in [0.25, 0.3) is 0 Å². The molecule has 0 spiro atoms. The van der Waals surface area contributed by atoms with Crippen LogP contribution < -0.4 is 15.2 Å². The maximum atomic E-state index is 6.44. The zero-order valence-corrected chi connectivity index (χ0v) is 14.5. The van der Waals surface area contributed by atoms with Crippen LogP contribution in [0, 0.1) is 6.92 Å². The molecular weight excluding hydrogens is 326 g/mol. The predicted molar refractivity (Wildman–Crippen MR) is 94.9 cm³/mol. The van der Waals surface area contributed by atoms with E-state index in [0.717, 1.165) is 10.9 Å². The van der Waals surface area contributed by atoms with Gasteiger partial charge in [0.1, 0.15) is 0 Å². The lowest BCUT2D eigenvalue weighted by Crippen LogP contribution is -2.15. The highest BCUT2D eigenvalue weighted by molar-refractivity contribution is 6.28. The van der Waals surface area contributed by atoms with Crippen molar-refractivity contribution in [3.8, 4) is 11.5 Å². The highest BCUT2D eigenvalue weighted by Gasteiger charge is 2.18. The van der Waals surface area contributed by atoms with Gasteiger partial charge in [-0.15, -0.1) is 0 Å². The Balaban J connectivity index is 2.20. The molecular formula is C18H18ClN3O2. The van der Waals surface area contributed by atoms with E-state index in [-0.39, 0.29) is 5.28 Å². The lowest BCUT2D eigenvalue weighted by Gasteiger charge is -2.16. The minimum Gasteiger partial charge on any atom is -0.493 e. The van der Waals surface area contributed by atoms with Gasteiger partial charge in [-0.05, 0) is 30.2 Å². The van der Waals surface area contributed by atoms with Gasteiger partial charge in [-0.1, -0.05) is 29.8 Å². The highest BCUT2D eigenvalue weighted by atomic mass is 35.5. The Morgan fingerprint density at radius 3 is 2.25 bits per heavy atom. The first-order chi connectivity index (χ1) is 11.5. The number of hydrogen-bond acceptors (Lipinski definition) is 5. The van der Waals surface area contributed by atoms with Crippen molar-refractivity contribution in [1.82, 2.24) is 9.97 Å². The average Bonchev–Trinajstić information content (AvgIpc) is 2.59. The summed E-state index contributed by atoms with van der Waals surface area (Å²) in [6.07, 6.45) is 0. The Bertz CT molecular complexity index is 882. The number of benzene rings is 2. The van der Waals surface area contributed by atoms with Gasteiger partial charge in [-0.25, -0.2) is 9.97 Å². The molecule has 0 fully saturated rings. The second kappa shape index (κ2) is 6.63. The molecule has 6 heteroatoms. The summed E-state index contributed by atoms with van der Waals surface area (Å²) in [6, 6.07) is 11.2. The molecule has 0 saturated heterocycles. The van der Waals surface area contributed by atoms with Crippen LogP contribution in [0.5, 0.6) is 11.5 Å². The lowest BCUT2D eigenvalue weighted by molar-refractivity contribution is 0.355. The van der Waals surface area contributed by atoms with Gasteiger partial charge in [0, 0.05) is 11.5 Å². The summed E-state index contributed by atoms with van der Waals surface area (Å²) in [5.41, 5.74) is 9.87. The van der Waals surface area contributed by atoms with E-state index in [1.807, 2.05) is 37.3 Å². The summed E-state index contributed by atoms with van der Waals surface area (Å²) in [5.74, 6) is 1.17. The fourth-order valence-electron chi connectivity index (χ4n) is 2.62. The standard InChI is InChI=1S/C18H18ClN3O2/c1-10-4-6-11(7-5-10)16(20)17-12-8-14(23-2)15(24-3)9-13(12)21-18(19)22-17/h4-9,16H,20H2,1-3H3. The van der Waals surface area contributed by atoms with Gasteiger partial charge in [-0.3, -0.25) is 0 Å². The topological polar surface area (TPSA) is 70.3 Å². The first-order valence-corrected chi connectivity index (χ1v) is 7.82. The van der Waals surface area contributed by atoms with E-state index in [2.05, 4.69) is 9.97 Å². The van der Waals surface area contributed by atoms with Crippen molar-refractivity contribution >= 4 is 22.5 Å². The minimum absolute atomic E-state index is 0.146. The Kier molecular flexibility index (Phi) is 4.55. The Hall–Kier alpha value is -2.37. The SMILES string of the molecule is COc1cc2nc(Cl)nc(C(N)c3ccc(C)cc3)c2cc1OC. The molecule has 1 aromatic heterocycles. The van der Waals surface area contributed by atoms with Crippen molar-refractivity contribution in [2.24, 2.45) is 5.73 Å². The zero-order valence-electron chi connectivity index (χ0n) is 13.7. The summed E-state index contributed by atoms with van der Waals surface area (Å²) >= 11 is 6.10. The molecule has 0 aliphatic heterocycles. The second-order valence-corrected chi connectivity index (χ2v) is 5.83. The average molecular weight is 344 g/mol. The van der Waals surface area contributed by atoms with Crippen LogP contribution in [0.3, 0.4) is 0 Å². The number of rotatable bonds is 4. The highest BCUT2D eigenvalue weighted by Crippen LogP contribution is 2.35.